The first-order valence-electron chi connectivity index (χ1n) is 2.45. The van der Waals surface area contributed by atoms with Crippen LogP contribution < -0.4 is 0 Å². The summed E-state index contributed by atoms with van der Waals surface area (Å²) >= 11 is 1.70. The molecule has 0 N–H and O–H groups in total. The second kappa shape index (κ2) is 6.76. The zero-order chi connectivity index (χ0) is 6.24. The third-order valence-electron chi connectivity index (χ3n) is 0.584. The topological polar surface area (TPSA) is 17.1 Å². The summed E-state index contributed by atoms with van der Waals surface area (Å²) in [7, 11) is 0. The maximum atomic E-state index is 9.60. The van der Waals surface area contributed by atoms with E-state index in [1.807, 2.05) is 12.4 Å². The van der Waals surface area contributed by atoms with Crippen LogP contribution in [0.15, 0.2) is 12.7 Å². The van der Waals surface area contributed by atoms with Crippen molar-refractivity contribution in [1.29, 1.82) is 0 Å². The van der Waals surface area contributed by atoms with Gasteiger partial charge in [-0.2, -0.15) is 11.8 Å². The fourth-order valence-corrected chi connectivity index (χ4v) is 0.842. The summed E-state index contributed by atoms with van der Waals surface area (Å²) in [4.78, 5) is 9.60. The van der Waals surface area contributed by atoms with Crippen molar-refractivity contribution in [2.24, 2.45) is 0 Å². The van der Waals surface area contributed by atoms with E-state index in [1.165, 1.54) is 0 Å². The third-order valence-corrected chi connectivity index (χ3v) is 1.55. The molecule has 0 aliphatic rings. The zero-order valence-electron chi connectivity index (χ0n) is 4.72. The molecule has 0 unspecified atom stereocenters. The highest BCUT2D eigenvalue weighted by Crippen LogP contribution is 1.99. The summed E-state index contributed by atoms with van der Waals surface area (Å²) in [5.74, 6) is 1.80. The maximum Gasteiger partial charge on any atom is 0.199 e. The molecule has 0 amide bonds. The number of rotatable bonds is 5. The van der Waals surface area contributed by atoms with Gasteiger partial charge in [-0.25, -0.2) is 0 Å². The molecule has 0 aliphatic heterocycles. The van der Waals surface area contributed by atoms with Gasteiger partial charge < -0.3 is 0 Å². The van der Waals surface area contributed by atoms with E-state index in [4.69, 9.17) is 0 Å². The fourth-order valence-electron chi connectivity index (χ4n) is 0.281. The first-order chi connectivity index (χ1) is 3.91. The van der Waals surface area contributed by atoms with Gasteiger partial charge in [0.05, 0.1) is 0 Å². The Morgan fingerprint density at radius 1 is 1.75 bits per heavy atom. The van der Waals surface area contributed by atoms with Gasteiger partial charge in [0.2, 0.25) is 0 Å². The van der Waals surface area contributed by atoms with Crippen LogP contribution in [0.4, 0.5) is 0 Å². The van der Waals surface area contributed by atoms with E-state index in [1.54, 1.807) is 11.8 Å². The van der Waals surface area contributed by atoms with Crippen LogP contribution in [0.2, 0.25) is 0 Å². The van der Waals surface area contributed by atoms with Gasteiger partial charge in [0.1, 0.15) is 0 Å². The lowest BCUT2D eigenvalue weighted by molar-refractivity contribution is 0.554. The molecular formula is C6H9OS. The molecule has 0 atom stereocenters. The molecule has 0 aromatic rings. The van der Waals surface area contributed by atoms with Gasteiger partial charge in [0.15, 0.2) is 6.29 Å². The van der Waals surface area contributed by atoms with Crippen LogP contribution in [0.3, 0.4) is 0 Å². The van der Waals surface area contributed by atoms with E-state index in [0.717, 1.165) is 11.5 Å². The average molecular weight is 129 g/mol. The molecule has 0 bridgehead atoms. The van der Waals surface area contributed by atoms with Gasteiger partial charge in [0, 0.05) is 17.9 Å². The summed E-state index contributed by atoms with van der Waals surface area (Å²) in [6.07, 6.45) is 4.19. The average Bonchev–Trinajstić information content (AvgIpc) is 1.81. The molecule has 0 heterocycles. The van der Waals surface area contributed by atoms with Crippen LogP contribution in [0.1, 0.15) is 6.42 Å². The van der Waals surface area contributed by atoms with Crippen LogP contribution in [0.25, 0.3) is 0 Å². The molecule has 45 valence electrons. The molecule has 0 saturated heterocycles. The van der Waals surface area contributed by atoms with E-state index < -0.39 is 0 Å². The minimum Gasteiger partial charge on any atom is -0.291 e. The van der Waals surface area contributed by atoms with Crippen LogP contribution in [-0.4, -0.2) is 17.8 Å². The molecule has 0 aromatic carbocycles. The van der Waals surface area contributed by atoms with E-state index >= 15 is 0 Å². The third kappa shape index (κ3) is 5.76. The summed E-state index contributed by atoms with van der Waals surface area (Å²) in [6.45, 7) is 3.54. The second-order valence-corrected chi connectivity index (χ2v) is 2.41. The maximum absolute atomic E-state index is 9.60. The minimum absolute atomic E-state index is 0.540. The fraction of sp³-hybridized carbons (Fsp3) is 0.500. The smallest absolute Gasteiger partial charge is 0.199 e. The molecule has 0 spiro atoms. The Bertz CT molecular complexity index is 60.9. The first-order valence-corrected chi connectivity index (χ1v) is 3.61. The standard InChI is InChI=1S/C6H9OS/c1-2-5-8-6-3-4-7/h2H,1,3,5-6H2. The Labute approximate surface area is 54.2 Å². The van der Waals surface area contributed by atoms with Crippen LogP contribution in [0, 0.1) is 0 Å². The molecule has 0 rings (SSSR count). The lowest BCUT2D eigenvalue weighted by atomic mass is 10.6. The molecule has 0 aromatic heterocycles. The molecule has 1 nitrogen and oxygen atoms in total. The molecular weight excluding hydrogens is 120 g/mol. The van der Waals surface area contributed by atoms with Crippen LogP contribution in [-0.2, 0) is 4.79 Å². The molecule has 2 heteroatoms. The van der Waals surface area contributed by atoms with Crippen molar-refractivity contribution < 1.29 is 4.79 Å². The number of thioether (sulfide) groups is 1. The number of hydrogen-bond donors (Lipinski definition) is 0. The Balaban J connectivity index is 2.71. The highest BCUT2D eigenvalue weighted by molar-refractivity contribution is 7.99. The van der Waals surface area contributed by atoms with Crippen molar-refractivity contribution in [2.75, 3.05) is 11.5 Å². The molecule has 0 fully saturated rings. The van der Waals surface area contributed by atoms with Crippen molar-refractivity contribution in [2.45, 2.75) is 6.42 Å². The highest BCUT2D eigenvalue weighted by atomic mass is 32.2. The van der Waals surface area contributed by atoms with E-state index in [-0.39, 0.29) is 0 Å². The summed E-state index contributed by atoms with van der Waals surface area (Å²) in [6, 6.07) is 0. The molecule has 8 heavy (non-hydrogen) atoms. The predicted molar refractivity (Wildman–Crippen MR) is 37.8 cm³/mol. The quantitative estimate of drug-likeness (QED) is 0.412. The Morgan fingerprint density at radius 3 is 3.00 bits per heavy atom. The first kappa shape index (κ1) is 7.76. The van der Waals surface area contributed by atoms with Gasteiger partial charge in [-0.15, -0.1) is 6.58 Å². The monoisotopic (exact) mass is 129 g/mol. The minimum atomic E-state index is 0.540. The highest BCUT2D eigenvalue weighted by Gasteiger charge is 1.82. The van der Waals surface area contributed by atoms with Crippen LogP contribution >= 0.6 is 11.8 Å². The Morgan fingerprint density at radius 2 is 2.50 bits per heavy atom. The summed E-state index contributed by atoms with van der Waals surface area (Å²) in [5, 5.41) is 0. The Kier molecular flexibility index (Phi) is 6.56. The van der Waals surface area contributed by atoms with E-state index in [2.05, 4.69) is 6.58 Å². The normalized spacial score (nSPS) is 8.50. The zero-order valence-corrected chi connectivity index (χ0v) is 5.54. The summed E-state index contributed by atoms with van der Waals surface area (Å²) in [5.41, 5.74) is 0. The number of hydrogen-bond acceptors (Lipinski definition) is 2. The lowest BCUT2D eigenvalue weighted by Crippen LogP contribution is -1.79. The van der Waals surface area contributed by atoms with Crippen molar-refractivity contribution >= 4 is 18.0 Å². The lowest BCUT2D eigenvalue weighted by Gasteiger charge is -1.87. The Hall–Kier alpha value is -0.240. The molecule has 0 saturated carbocycles. The predicted octanol–water partition coefficient (Wildman–Crippen LogP) is 1.41. The van der Waals surface area contributed by atoms with Crippen molar-refractivity contribution in [3.05, 3.63) is 12.7 Å². The van der Waals surface area contributed by atoms with Crippen molar-refractivity contribution in [1.82, 2.24) is 0 Å². The van der Waals surface area contributed by atoms with Gasteiger partial charge in [-0.05, 0) is 0 Å². The van der Waals surface area contributed by atoms with Gasteiger partial charge >= 0.3 is 0 Å². The SMILES string of the molecule is C=CCSCC[C]=O. The van der Waals surface area contributed by atoms with E-state index in [0.29, 0.717) is 6.42 Å². The largest absolute Gasteiger partial charge is 0.291 e. The second-order valence-electron chi connectivity index (χ2n) is 1.26. The van der Waals surface area contributed by atoms with Gasteiger partial charge in [0.25, 0.3) is 0 Å². The van der Waals surface area contributed by atoms with Crippen molar-refractivity contribution in [3.8, 4) is 0 Å². The van der Waals surface area contributed by atoms with Gasteiger partial charge in [-0.3, -0.25) is 4.79 Å². The number of carbonyl (C=O) groups excluding carboxylic acids is 1. The van der Waals surface area contributed by atoms with E-state index in [9.17, 15) is 4.79 Å². The molecule has 1 radical (unpaired) electrons. The molecule has 0 aliphatic carbocycles. The van der Waals surface area contributed by atoms with Crippen molar-refractivity contribution in [3.63, 3.8) is 0 Å². The van der Waals surface area contributed by atoms with Crippen LogP contribution in [0.5, 0.6) is 0 Å². The summed E-state index contributed by atoms with van der Waals surface area (Å²) < 4.78 is 0. The van der Waals surface area contributed by atoms with Gasteiger partial charge in [-0.1, -0.05) is 6.08 Å².